The summed E-state index contributed by atoms with van der Waals surface area (Å²) in [5.41, 5.74) is 5.40. The van der Waals surface area contributed by atoms with Crippen molar-refractivity contribution in [1.82, 2.24) is 9.80 Å². The Hall–Kier alpha value is -0.610. The van der Waals surface area contributed by atoms with Gasteiger partial charge in [0.25, 0.3) is 0 Å². The zero-order valence-corrected chi connectivity index (χ0v) is 15.9. The minimum Gasteiger partial charge on any atom is -0.369 e. The summed E-state index contributed by atoms with van der Waals surface area (Å²) < 4.78 is 0. The first-order chi connectivity index (χ1) is 10.9. The lowest BCUT2D eigenvalue weighted by molar-refractivity contribution is -0.123. The van der Waals surface area contributed by atoms with Crippen molar-refractivity contribution in [1.29, 1.82) is 0 Å². The second-order valence-electron chi connectivity index (χ2n) is 8.08. The number of likely N-dealkylation sites (tertiary alicyclic amines) is 1. The van der Waals surface area contributed by atoms with Crippen molar-refractivity contribution in [3.8, 4) is 0 Å². The van der Waals surface area contributed by atoms with Crippen LogP contribution in [-0.4, -0.2) is 55.0 Å². The van der Waals surface area contributed by atoms with E-state index in [2.05, 4.69) is 37.5 Å². The van der Waals surface area contributed by atoms with E-state index in [9.17, 15) is 4.79 Å². The van der Waals surface area contributed by atoms with Crippen LogP contribution in [0.15, 0.2) is 0 Å². The lowest BCUT2D eigenvalue weighted by atomic mass is 9.96. The van der Waals surface area contributed by atoms with E-state index >= 15 is 0 Å². The number of nitrogens with zero attached hydrogens (tertiary/aromatic N) is 2. The number of hydrogen-bond acceptors (Lipinski definition) is 3. The zero-order valence-electron chi connectivity index (χ0n) is 15.9. The lowest BCUT2D eigenvalue weighted by Gasteiger charge is -2.31. The normalized spacial score (nSPS) is 17.5. The molecule has 0 aromatic carbocycles. The van der Waals surface area contributed by atoms with Gasteiger partial charge < -0.3 is 15.5 Å². The molecule has 23 heavy (non-hydrogen) atoms. The molecule has 1 rings (SSSR count). The summed E-state index contributed by atoms with van der Waals surface area (Å²) in [6.45, 7) is 16.1. The first-order valence-electron chi connectivity index (χ1n) is 9.62. The molecule has 4 heteroatoms. The highest BCUT2D eigenvalue weighted by atomic mass is 16.1. The van der Waals surface area contributed by atoms with Gasteiger partial charge >= 0.3 is 0 Å². The molecule has 0 bridgehead atoms. The van der Waals surface area contributed by atoms with Crippen molar-refractivity contribution in [2.45, 2.75) is 59.8 Å². The fourth-order valence-corrected chi connectivity index (χ4v) is 3.18. The van der Waals surface area contributed by atoms with Crippen LogP contribution in [0.3, 0.4) is 0 Å². The highest BCUT2D eigenvalue weighted by molar-refractivity contribution is 5.76. The highest BCUT2D eigenvalue weighted by Crippen LogP contribution is 2.17. The summed E-state index contributed by atoms with van der Waals surface area (Å²) in [6, 6.07) is 0. The molecule has 1 saturated heterocycles. The Kier molecular flexibility index (Phi) is 9.80. The van der Waals surface area contributed by atoms with Crippen LogP contribution in [0, 0.1) is 17.8 Å². The topological polar surface area (TPSA) is 49.6 Å². The maximum atomic E-state index is 11.2. The quantitative estimate of drug-likeness (QED) is 0.635. The van der Waals surface area contributed by atoms with E-state index in [-0.39, 0.29) is 11.8 Å². The van der Waals surface area contributed by atoms with Gasteiger partial charge in [0.05, 0.1) is 0 Å². The van der Waals surface area contributed by atoms with Crippen LogP contribution >= 0.6 is 0 Å². The average Bonchev–Trinajstić information content (AvgIpc) is 2.49. The second-order valence-corrected chi connectivity index (χ2v) is 8.08. The molecule has 136 valence electrons. The Morgan fingerprint density at radius 1 is 1.04 bits per heavy atom. The molecule has 0 aliphatic carbocycles. The molecule has 0 atom stereocenters. The maximum absolute atomic E-state index is 11.2. The molecule has 0 unspecified atom stereocenters. The smallest absolute Gasteiger partial charge is 0.220 e. The standard InChI is InChI=1S/C19H39N3O/c1-16(2)6-12-21(13-7-17(3)4)10-5-11-22-14-8-18(9-15-22)19(20)23/h16-18H,5-15H2,1-4H3,(H2,20,23). The SMILES string of the molecule is CC(C)CCN(CCCN1CCC(C(N)=O)CC1)CCC(C)C. The lowest BCUT2D eigenvalue weighted by Crippen LogP contribution is -2.40. The summed E-state index contributed by atoms with van der Waals surface area (Å²) in [4.78, 5) is 16.4. The number of primary amides is 1. The van der Waals surface area contributed by atoms with Crippen LogP contribution in [0.2, 0.25) is 0 Å². The van der Waals surface area contributed by atoms with E-state index < -0.39 is 0 Å². The Balaban J connectivity index is 2.24. The number of hydrogen-bond donors (Lipinski definition) is 1. The fraction of sp³-hybridized carbons (Fsp3) is 0.947. The minimum absolute atomic E-state index is 0.111. The summed E-state index contributed by atoms with van der Waals surface area (Å²) >= 11 is 0. The average molecular weight is 326 g/mol. The Bertz CT molecular complexity index is 311. The predicted octanol–water partition coefficient (Wildman–Crippen LogP) is 2.97. The van der Waals surface area contributed by atoms with Gasteiger partial charge in [0, 0.05) is 5.92 Å². The number of piperidine rings is 1. The molecule has 0 radical (unpaired) electrons. The van der Waals surface area contributed by atoms with Crippen molar-refractivity contribution < 1.29 is 4.79 Å². The van der Waals surface area contributed by atoms with Crippen LogP contribution in [-0.2, 0) is 4.79 Å². The van der Waals surface area contributed by atoms with Gasteiger partial charge in [-0.15, -0.1) is 0 Å². The highest BCUT2D eigenvalue weighted by Gasteiger charge is 2.22. The van der Waals surface area contributed by atoms with Crippen molar-refractivity contribution in [3.63, 3.8) is 0 Å². The molecule has 0 saturated carbocycles. The number of carbonyl (C=O) groups is 1. The van der Waals surface area contributed by atoms with Crippen molar-refractivity contribution in [2.24, 2.45) is 23.5 Å². The van der Waals surface area contributed by atoms with E-state index in [0.29, 0.717) is 0 Å². The molecule has 2 N–H and O–H groups in total. The Morgan fingerprint density at radius 3 is 2.00 bits per heavy atom. The molecule has 1 aliphatic rings. The third-order valence-corrected chi connectivity index (χ3v) is 4.98. The first kappa shape index (κ1) is 20.4. The van der Waals surface area contributed by atoms with E-state index in [1.165, 1.54) is 38.9 Å². The summed E-state index contributed by atoms with van der Waals surface area (Å²) in [6.07, 6.45) is 5.71. The number of rotatable bonds is 11. The van der Waals surface area contributed by atoms with E-state index in [1.807, 2.05) is 0 Å². The van der Waals surface area contributed by atoms with Crippen molar-refractivity contribution >= 4 is 5.91 Å². The third-order valence-electron chi connectivity index (χ3n) is 4.98. The molecule has 1 amide bonds. The molecule has 1 fully saturated rings. The summed E-state index contributed by atoms with van der Waals surface area (Å²) in [5, 5.41) is 0. The second kappa shape index (κ2) is 11.0. The van der Waals surface area contributed by atoms with E-state index in [4.69, 9.17) is 5.73 Å². The third kappa shape index (κ3) is 9.31. The van der Waals surface area contributed by atoms with E-state index in [0.717, 1.165) is 44.3 Å². The predicted molar refractivity (Wildman–Crippen MR) is 98.3 cm³/mol. The number of carbonyl (C=O) groups excluding carboxylic acids is 1. The van der Waals surface area contributed by atoms with Crippen LogP contribution in [0.1, 0.15) is 59.8 Å². The molecule has 1 heterocycles. The van der Waals surface area contributed by atoms with Crippen LogP contribution in [0.5, 0.6) is 0 Å². The monoisotopic (exact) mass is 325 g/mol. The van der Waals surface area contributed by atoms with Gasteiger partial charge in [-0.3, -0.25) is 4.79 Å². The molecule has 0 aromatic rings. The maximum Gasteiger partial charge on any atom is 0.220 e. The minimum atomic E-state index is -0.113. The Labute approximate surface area is 143 Å². The van der Waals surface area contributed by atoms with Crippen LogP contribution in [0.25, 0.3) is 0 Å². The first-order valence-corrected chi connectivity index (χ1v) is 9.62. The fourth-order valence-electron chi connectivity index (χ4n) is 3.18. The van der Waals surface area contributed by atoms with Crippen molar-refractivity contribution in [3.05, 3.63) is 0 Å². The zero-order chi connectivity index (χ0) is 17.2. The van der Waals surface area contributed by atoms with Gasteiger partial charge in [-0.05, 0) is 83.2 Å². The van der Waals surface area contributed by atoms with Gasteiger partial charge in [-0.25, -0.2) is 0 Å². The van der Waals surface area contributed by atoms with Gasteiger partial charge in [-0.1, -0.05) is 27.7 Å². The molecule has 1 aliphatic heterocycles. The summed E-state index contributed by atoms with van der Waals surface area (Å²) in [5.74, 6) is 1.56. The van der Waals surface area contributed by atoms with Crippen LogP contribution < -0.4 is 5.73 Å². The molecule has 0 spiro atoms. The largest absolute Gasteiger partial charge is 0.369 e. The molecular formula is C19H39N3O. The summed E-state index contributed by atoms with van der Waals surface area (Å²) in [7, 11) is 0. The van der Waals surface area contributed by atoms with Gasteiger partial charge in [0.2, 0.25) is 5.91 Å². The van der Waals surface area contributed by atoms with E-state index in [1.54, 1.807) is 0 Å². The van der Waals surface area contributed by atoms with Crippen LogP contribution in [0.4, 0.5) is 0 Å². The number of nitrogens with two attached hydrogens (primary N) is 1. The number of amides is 1. The van der Waals surface area contributed by atoms with Gasteiger partial charge in [0.1, 0.15) is 0 Å². The Morgan fingerprint density at radius 2 is 1.57 bits per heavy atom. The molecular weight excluding hydrogens is 286 g/mol. The van der Waals surface area contributed by atoms with Crippen molar-refractivity contribution in [2.75, 3.05) is 39.3 Å². The van der Waals surface area contributed by atoms with Gasteiger partial charge in [0.15, 0.2) is 0 Å². The molecule has 4 nitrogen and oxygen atoms in total. The van der Waals surface area contributed by atoms with Gasteiger partial charge in [-0.2, -0.15) is 0 Å². The molecule has 0 aromatic heterocycles.